The van der Waals surface area contributed by atoms with Gasteiger partial charge in [-0.25, -0.2) is 9.97 Å². The van der Waals surface area contributed by atoms with E-state index < -0.39 is 12.5 Å². The number of aliphatic hydroxyl groups excluding tert-OH is 1. The van der Waals surface area contributed by atoms with Crippen molar-refractivity contribution < 1.29 is 42.5 Å². The van der Waals surface area contributed by atoms with Crippen LogP contribution in [-0.4, -0.2) is 103 Å². The van der Waals surface area contributed by atoms with Gasteiger partial charge in [0.25, 0.3) is 11.8 Å². The van der Waals surface area contributed by atoms with E-state index in [1.807, 2.05) is 36.9 Å². The minimum Gasteiger partial charge on any atom is -0.493 e. The van der Waals surface area contributed by atoms with Crippen molar-refractivity contribution in [1.82, 2.24) is 25.1 Å². The zero-order chi connectivity index (χ0) is 42.1. The van der Waals surface area contributed by atoms with Crippen molar-refractivity contribution in [3.8, 4) is 17.2 Å². The quantitative estimate of drug-likeness (QED) is 0.0794. The lowest BCUT2D eigenvalue weighted by Gasteiger charge is -2.34. The Balaban J connectivity index is 0.969. The van der Waals surface area contributed by atoms with Gasteiger partial charge in [-0.05, 0) is 81.5 Å². The van der Waals surface area contributed by atoms with Gasteiger partial charge >= 0.3 is 0 Å². The molecule has 0 bridgehead atoms. The third kappa shape index (κ3) is 10.6. The summed E-state index contributed by atoms with van der Waals surface area (Å²) in [4.78, 5) is 50.3. The van der Waals surface area contributed by atoms with Crippen molar-refractivity contribution in [2.24, 2.45) is 0 Å². The van der Waals surface area contributed by atoms with Crippen LogP contribution >= 0.6 is 0 Å². The third-order valence-electron chi connectivity index (χ3n) is 11.2. The number of hydrogen-bond acceptors (Lipinski definition) is 11. The second-order valence-electron chi connectivity index (χ2n) is 15.2. The number of rotatable bonds is 18. The first-order valence-corrected chi connectivity index (χ1v) is 20.2. The summed E-state index contributed by atoms with van der Waals surface area (Å²) in [6.07, 6.45) is 5.45. The Hall–Kier alpha value is -5.41. The van der Waals surface area contributed by atoms with Crippen molar-refractivity contribution >= 4 is 34.4 Å². The highest BCUT2D eigenvalue weighted by molar-refractivity contribution is 6.01. The second kappa shape index (κ2) is 19.6. The summed E-state index contributed by atoms with van der Waals surface area (Å²) in [5.41, 5.74) is 2.84. The molecule has 2 aliphatic rings. The summed E-state index contributed by atoms with van der Waals surface area (Å²) in [7, 11) is 3.20. The number of nitrogens with zero attached hydrogens (tertiary/aromatic N) is 4. The summed E-state index contributed by atoms with van der Waals surface area (Å²) >= 11 is 0. The van der Waals surface area contributed by atoms with Crippen LogP contribution in [0.15, 0.2) is 54.6 Å². The van der Waals surface area contributed by atoms with Gasteiger partial charge in [-0.3, -0.25) is 24.6 Å². The van der Waals surface area contributed by atoms with E-state index in [0.29, 0.717) is 66.8 Å². The maximum Gasteiger partial charge on any atom is 0.295 e. The van der Waals surface area contributed by atoms with Crippen LogP contribution in [0.3, 0.4) is 0 Å². The van der Waals surface area contributed by atoms with Gasteiger partial charge in [0, 0.05) is 55.2 Å². The number of aromatic nitrogens is 2. The molecule has 15 heteroatoms. The first-order chi connectivity index (χ1) is 28.4. The van der Waals surface area contributed by atoms with Crippen molar-refractivity contribution in [2.45, 2.75) is 76.7 Å². The van der Waals surface area contributed by atoms with Crippen LogP contribution < -0.4 is 24.8 Å². The van der Waals surface area contributed by atoms with Gasteiger partial charge in [-0.15, -0.1) is 0 Å². The minimum atomic E-state index is -3.35. The smallest absolute Gasteiger partial charge is 0.295 e. The molecule has 3 heterocycles. The highest BCUT2D eigenvalue weighted by atomic mass is 19.3. The molecule has 3 amide bonds. The van der Waals surface area contributed by atoms with Gasteiger partial charge in [0.15, 0.2) is 18.1 Å². The van der Waals surface area contributed by atoms with Gasteiger partial charge in [0.2, 0.25) is 11.8 Å². The molecule has 2 aliphatic heterocycles. The van der Waals surface area contributed by atoms with Gasteiger partial charge in [0.05, 0.1) is 25.7 Å². The van der Waals surface area contributed by atoms with Crippen LogP contribution in [0.2, 0.25) is 0 Å². The second-order valence-corrected chi connectivity index (χ2v) is 15.2. The third-order valence-corrected chi connectivity index (χ3v) is 11.2. The molecule has 2 saturated heterocycles. The molecule has 13 nitrogen and oxygen atoms in total. The monoisotopic (exact) mass is 816 g/mol. The van der Waals surface area contributed by atoms with Crippen LogP contribution in [0.5, 0.6) is 17.2 Å². The van der Waals surface area contributed by atoms with E-state index in [4.69, 9.17) is 24.2 Å². The lowest BCUT2D eigenvalue weighted by molar-refractivity contribution is -0.135. The zero-order valence-electron chi connectivity index (χ0n) is 34.2. The van der Waals surface area contributed by atoms with E-state index in [9.17, 15) is 28.3 Å². The van der Waals surface area contributed by atoms with Crippen LogP contribution in [-0.2, 0) is 26.7 Å². The first kappa shape index (κ1) is 43.2. The molecule has 0 spiro atoms. The van der Waals surface area contributed by atoms with Crippen LogP contribution in [0.1, 0.15) is 85.5 Å². The number of carbonyl (C=O) groups is 3. The molecule has 2 fully saturated rings. The summed E-state index contributed by atoms with van der Waals surface area (Å²) in [6.45, 7) is 6.19. The van der Waals surface area contributed by atoms with E-state index in [0.717, 1.165) is 67.3 Å². The standard InChI is InChI=1S/C44H54F2N6O7/c1-28(31-10-9-11-32(24-31)44(45,46)27-53)47-42-36-25-37(57-3)41(58-4)35(40(36)48-29(2)49-42)12-7-5-6-8-19-51-20-22-52(23-21-51)39(55)26-59-33-15-13-30(14-16-33)34-17-18-38(54)50-43(34)56/h9-11,13-16,24-25,28,34,53H,5-8,12,17-23,26-27H2,1-4H3,(H,47,48,49)(H,50,54,56). The molecular formula is C44H54F2N6O7. The molecule has 59 heavy (non-hydrogen) atoms. The van der Waals surface area contributed by atoms with Gasteiger partial charge in [-0.2, -0.15) is 8.78 Å². The number of fused-ring (bicyclic) bond motifs is 1. The molecule has 0 saturated carbocycles. The highest BCUT2D eigenvalue weighted by Gasteiger charge is 2.31. The van der Waals surface area contributed by atoms with Gasteiger partial charge in [-0.1, -0.05) is 43.2 Å². The normalized spacial score (nSPS) is 16.8. The molecule has 2 atom stereocenters. The lowest BCUT2D eigenvalue weighted by atomic mass is 9.90. The number of aliphatic hydroxyl groups is 1. The van der Waals surface area contributed by atoms with Crippen molar-refractivity contribution in [3.05, 3.63) is 82.7 Å². The molecule has 4 aromatic rings. The number of imide groups is 1. The maximum absolute atomic E-state index is 14.3. The zero-order valence-corrected chi connectivity index (χ0v) is 34.2. The summed E-state index contributed by atoms with van der Waals surface area (Å²) in [5, 5.41) is 15.7. The summed E-state index contributed by atoms with van der Waals surface area (Å²) < 4.78 is 45.9. The van der Waals surface area contributed by atoms with Crippen molar-refractivity contribution in [2.75, 3.05) is 65.5 Å². The highest BCUT2D eigenvalue weighted by Crippen LogP contribution is 2.40. The maximum atomic E-state index is 14.3. The number of carbonyl (C=O) groups excluding carboxylic acids is 3. The average Bonchev–Trinajstić information content (AvgIpc) is 3.24. The van der Waals surface area contributed by atoms with Crippen molar-refractivity contribution in [3.63, 3.8) is 0 Å². The Kier molecular flexibility index (Phi) is 14.3. The van der Waals surface area contributed by atoms with E-state index in [1.54, 1.807) is 38.5 Å². The summed E-state index contributed by atoms with van der Waals surface area (Å²) in [5.74, 6) is -1.48. The minimum absolute atomic E-state index is 0.0575. The molecule has 3 aromatic carbocycles. The average molecular weight is 817 g/mol. The molecule has 1 aromatic heterocycles. The molecular weight excluding hydrogens is 763 g/mol. The van der Waals surface area contributed by atoms with Crippen LogP contribution in [0, 0.1) is 6.92 Å². The Labute approximate surface area is 343 Å². The van der Waals surface area contributed by atoms with Crippen LogP contribution in [0.4, 0.5) is 14.6 Å². The fourth-order valence-electron chi connectivity index (χ4n) is 7.79. The topological polar surface area (TPSA) is 155 Å². The largest absolute Gasteiger partial charge is 0.493 e. The van der Waals surface area contributed by atoms with E-state index >= 15 is 0 Å². The molecule has 316 valence electrons. The Bertz CT molecular complexity index is 2110. The predicted octanol–water partition coefficient (Wildman–Crippen LogP) is 6.06. The van der Waals surface area contributed by atoms with Crippen molar-refractivity contribution in [1.29, 1.82) is 0 Å². The number of piperidine rings is 1. The number of ether oxygens (including phenoxy) is 3. The molecule has 0 aliphatic carbocycles. The number of methoxy groups -OCH3 is 2. The number of alkyl halides is 2. The first-order valence-electron chi connectivity index (χ1n) is 20.2. The molecule has 0 radical (unpaired) electrons. The fourth-order valence-corrected chi connectivity index (χ4v) is 7.79. The Morgan fingerprint density at radius 2 is 1.75 bits per heavy atom. The molecule has 6 rings (SSSR count). The number of benzene rings is 3. The van der Waals surface area contributed by atoms with Gasteiger partial charge in [0.1, 0.15) is 24.0 Å². The molecule has 2 unspecified atom stereocenters. The molecule has 3 N–H and O–H groups in total. The number of halogens is 2. The predicted molar refractivity (Wildman–Crippen MR) is 219 cm³/mol. The number of hydrogen-bond donors (Lipinski definition) is 3. The van der Waals surface area contributed by atoms with Gasteiger partial charge < -0.3 is 29.5 Å². The number of nitrogens with one attached hydrogen (secondary N) is 2. The number of unbranched alkanes of at least 4 members (excludes halogenated alkanes) is 3. The number of anilines is 1. The Morgan fingerprint density at radius 1 is 1.00 bits per heavy atom. The lowest BCUT2D eigenvalue weighted by Crippen LogP contribution is -2.50. The number of aryl methyl sites for hydroxylation is 2. The van der Waals surface area contributed by atoms with E-state index in [2.05, 4.69) is 15.5 Å². The number of amides is 3. The number of piperazine rings is 1. The Morgan fingerprint density at radius 3 is 2.44 bits per heavy atom. The SMILES string of the molecule is COc1cc2c(NC(C)c3cccc(C(F)(F)CO)c3)nc(C)nc2c(CCCCCCN2CCN(C(=O)COc3ccc(C4CCC(=O)NC4=O)cc3)CC2)c1OC. The van der Waals surface area contributed by atoms with E-state index in [1.165, 1.54) is 12.1 Å². The fraction of sp³-hybridized carbons (Fsp3) is 0.477. The van der Waals surface area contributed by atoms with E-state index in [-0.39, 0.29) is 41.9 Å². The summed E-state index contributed by atoms with van der Waals surface area (Å²) in [6, 6.07) is 14.6. The van der Waals surface area contributed by atoms with Crippen LogP contribution in [0.25, 0.3) is 10.9 Å².